The molecule has 37 heavy (non-hydrogen) atoms. The number of carbonyl (C=O) groups excluding carboxylic acids is 2. The lowest BCUT2D eigenvalue weighted by Gasteiger charge is -2.33. The molecule has 9 heteroatoms. The Morgan fingerprint density at radius 2 is 1.62 bits per heavy atom. The lowest BCUT2D eigenvalue weighted by molar-refractivity contribution is 0.0203. The molecule has 0 radical (unpaired) electrons. The highest BCUT2D eigenvalue weighted by Gasteiger charge is 2.31. The third-order valence-electron chi connectivity index (χ3n) is 6.89. The number of piperidine rings is 1. The lowest BCUT2D eigenvalue weighted by Crippen LogP contribution is -2.47. The van der Waals surface area contributed by atoms with Gasteiger partial charge >= 0.3 is 6.09 Å². The number of nitrogens with one attached hydrogen (secondary N) is 2. The van der Waals surface area contributed by atoms with Crippen LogP contribution in [-0.4, -0.2) is 50.1 Å². The maximum Gasteiger partial charge on any atom is 0.410 e. The maximum atomic E-state index is 13.5. The predicted octanol–water partition coefficient (Wildman–Crippen LogP) is 4.80. The third-order valence-corrected chi connectivity index (χ3v) is 8.49. The second-order valence-corrected chi connectivity index (χ2v) is 12.6. The van der Waals surface area contributed by atoms with Gasteiger partial charge in [-0.25, -0.2) is 17.9 Å². The number of benzene rings is 2. The summed E-state index contributed by atoms with van der Waals surface area (Å²) < 4.78 is 35.2. The fourth-order valence-corrected chi connectivity index (χ4v) is 6.61. The van der Waals surface area contributed by atoms with Crippen LogP contribution in [-0.2, 0) is 27.6 Å². The molecule has 2 aromatic rings. The smallest absolute Gasteiger partial charge is 0.410 e. The number of hydrogen-bond donors (Lipinski definition) is 2. The van der Waals surface area contributed by atoms with E-state index in [0.29, 0.717) is 43.6 Å². The highest BCUT2D eigenvalue weighted by Crippen LogP contribution is 2.34. The Bertz CT molecular complexity index is 1280. The first-order chi connectivity index (χ1) is 17.4. The number of amides is 2. The number of anilines is 1. The van der Waals surface area contributed by atoms with Crippen molar-refractivity contribution in [2.45, 2.75) is 82.8 Å². The number of ether oxygens (including phenoxy) is 1. The summed E-state index contributed by atoms with van der Waals surface area (Å²) in [7, 11) is -3.77. The first-order valence-electron chi connectivity index (χ1n) is 13.0. The van der Waals surface area contributed by atoms with E-state index in [1.54, 1.807) is 23.1 Å². The van der Waals surface area contributed by atoms with Crippen molar-refractivity contribution in [1.29, 1.82) is 0 Å². The minimum absolute atomic E-state index is 0.198. The summed E-state index contributed by atoms with van der Waals surface area (Å²) in [5, 5.41) is 3.02. The monoisotopic (exact) mass is 527 g/mol. The van der Waals surface area contributed by atoms with Crippen LogP contribution in [0.5, 0.6) is 0 Å². The van der Waals surface area contributed by atoms with Crippen LogP contribution in [0.1, 0.15) is 73.5 Å². The van der Waals surface area contributed by atoms with E-state index >= 15 is 0 Å². The molecule has 2 aromatic carbocycles. The van der Waals surface area contributed by atoms with E-state index in [1.807, 2.05) is 45.9 Å². The minimum atomic E-state index is -3.77. The summed E-state index contributed by atoms with van der Waals surface area (Å²) in [6.45, 7) is 8.24. The van der Waals surface area contributed by atoms with E-state index < -0.39 is 15.6 Å². The highest BCUT2D eigenvalue weighted by molar-refractivity contribution is 7.89. The standard InChI is InChI=1S/C28H37N3O5S/c1-19-9-5-6-10-21(19)26(32)29-24-13-14-25(23-12-8-7-11-22(23)24)37(34,35)30-20-15-17-31(18-16-20)27(33)36-28(2,3)4/h5-6,9-10,13-14,20,30H,7-8,11-12,15-18H2,1-4H3,(H,29,32). The van der Waals surface area contributed by atoms with Crippen LogP contribution in [0.2, 0.25) is 0 Å². The summed E-state index contributed by atoms with van der Waals surface area (Å²) in [5.74, 6) is -0.198. The van der Waals surface area contributed by atoms with Gasteiger partial charge in [-0.3, -0.25) is 4.79 Å². The fourth-order valence-electron chi connectivity index (χ4n) is 5.01. The molecule has 0 atom stereocenters. The Labute approximate surface area is 219 Å². The molecule has 1 saturated heterocycles. The molecule has 0 saturated carbocycles. The summed E-state index contributed by atoms with van der Waals surface area (Å²) in [4.78, 5) is 27.2. The van der Waals surface area contributed by atoms with Gasteiger partial charge in [-0.1, -0.05) is 18.2 Å². The molecule has 200 valence electrons. The van der Waals surface area contributed by atoms with Crippen LogP contribution in [0.4, 0.5) is 10.5 Å². The Balaban J connectivity index is 1.48. The number of hydrogen-bond acceptors (Lipinski definition) is 5. The van der Waals surface area contributed by atoms with E-state index in [-0.39, 0.29) is 22.9 Å². The van der Waals surface area contributed by atoms with E-state index in [2.05, 4.69) is 10.0 Å². The van der Waals surface area contributed by atoms with Gasteiger partial charge in [-0.05, 0) is 101 Å². The molecule has 2 aliphatic rings. The van der Waals surface area contributed by atoms with Crippen molar-refractivity contribution in [3.05, 3.63) is 58.7 Å². The maximum absolute atomic E-state index is 13.5. The zero-order valence-electron chi connectivity index (χ0n) is 22.1. The summed E-state index contributed by atoms with van der Waals surface area (Å²) in [6.07, 6.45) is 3.88. The Morgan fingerprint density at radius 1 is 0.973 bits per heavy atom. The molecular formula is C28H37N3O5S. The summed E-state index contributed by atoms with van der Waals surface area (Å²) in [6, 6.07) is 10.5. The molecule has 4 rings (SSSR count). The van der Waals surface area contributed by atoms with E-state index in [0.717, 1.165) is 36.0 Å². The second-order valence-electron chi connectivity index (χ2n) is 10.9. The number of sulfonamides is 1. The molecule has 2 amide bonds. The third kappa shape index (κ3) is 6.51. The van der Waals surface area contributed by atoms with E-state index in [4.69, 9.17) is 4.74 Å². The van der Waals surface area contributed by atoms with Crippen molar-refractivity contribution in [2.24, 2.45) is 0 Å². The first-order valence-corrected chi connectivity index (χ1v) is 14.4. The molecule has 0 bridgehead atoms. The van der Waals surface area contributed by atoms with Crippen LogP contribution in [0.25, 0.3) is 0 Å². The predicted molar refractivity (Wildman–Crippen MR) is 143 cm³/mol. The van der Waals surface area contributed by atoms with Crippen LogP contribution < -0.4 is 10.0 Å². The van der Waals surface area contributed by atoms with Crippen LogP contribution in [0.3, 0.4) is 0 Å². The van der Waals surface area contributed by atoms with Gasteiger partial charge in [0, 0.05) is 30.4 Å². The van der Waals surface area contributed by atoms with Gasteiger partial charge in [0.25, 0.3) is 5.91 Å². The molecule has 1 heterocycles. The van der Waals surface area contributed by atoms with Crippen molar-refractivity contribution < 1.29 is 22.7 Å². The minimum Gasteiger partial charge on any atom is -0.444 e. The molecule has 1 aliphatic heterocycles. The fraction of sp³-hybridized carbons (Fsp3) is 0.500. The Hall–Kier alpha value is -2.91. The van der Waals surface area contributed by atoms with Gasteiger partial charge in [0.05, 0.1) is 4.90 Å². The Morgan fingerprint density at radius 3 is 2.27 bits per heavy atom. The molecule has 0 spiro atoms. The van der Waals surface area contributed by atoms with Crippen molar-refractivity contribution in [3.8, 4) is 0 Å². The number of fused-ring (bicyclic) bond motifs is 1. The lowest BCUT2D eigenvalue weighted by atomic mass is 9.90. The number of rotatable bonds is 5. The van der Waals surface area contributed by atoms with Crippen LogP contribution >= 0.6 is 0 Å². The number of aryl methyl sites for hydroxylation is 1. The SMILES string of the molecule is Cc1ccccc1C(=O)Nc1ccc(S(=O)(=O)NC2CCN(C(=O)OC(C)(C)C)CC2)c2c1CCCC2. The number of nitrogens with zero attached hydrogens (tertiary/aromatic N) is 1. The number of likely N-dealkylation sites (tertiary alicyclic amines) is 1. The van der Waals surface area contributed by atoms with Crippen LogP contribution in [0.15, 0.2) is 41.3 Å². The van der Waals surface area contributed by atoms with Crippen LogP contribution in [0, 0.1) is 6.92 Å². The van der Waals surface area contributed by atoms with E-state index in [1.165, 1.54) is 0 Å². The molecule has 0 aromatic heterocycles. The van der Waals surface area contributed by atoms with Crippen molar-refractivity contribution in [1.82, 2.24) is 9.62 Å². The van der Waals surface area contributed by atoms with Gasteiger partial charge in [0.1, 0.15) is 5.60 Å². The average Bonchev–Trinajstić information content (AvgIpc) is 2.83. The quantitative estimate of drug-likeness (QED) is 0.581. The van der Waals surface area contributed by atoms with Gasteiger partial charge in [0.2, 0.25) is 10.0 Å². The first kappa shape index (κ1) is 27.1. The van der Waals surface area contributed by atoms with Gasteiger partial charge in [-0.15, -0.1) is 0 Å². The molecule has 8 nitrogen and oxygen atoms in total. The van der Waals surface area contributed by atoms with Crippen molar-refractivity contribution >= 4 is 27.7 Å². The molecule has 0 unspecified atom stereocenters. The average molecular weight is 528 g/mol. The largest absolute Gasteiger partial charge is 0.444 e. The summed E-state index contributed by atoms with van der Waals surface area (Å²) in [5.41, 5.74) is 3.27. The van der Waals surface area contributed by atoms with Gasteiger partial charge in [0.15, 0.2) is 0 Å². The zero-order chi connectivity index (χ0) is 26.8. The van der Waals surface area contributed by atoms with Crippen molar-refractivity contribution in [2.75, 3.05) is 18.4 Å². The molecular weight excluding hydrogens is 490 g/mol. The Kier molecular flexibility index (Phi) is 7.94. The normalized spacial score (nSPS) is 16.7. The summed E-state index contributed by atoms with van der Waals surface area (Å²) >= 11 is 0. The molecule has 2 N–H and O–H groups in total. The second kappa shape index (κ2) is 10.8. The van der Waals surface area contributed by atoms with Gasteiger partial charge < -0.3 is 15.0 Å². The highest BCUT2D eigenvalue weighted by atomic mass is 32.2. The number of carbonyl (C=O) groups is 2. The van der Waals surface area contributed by atoms with E-state index in [9.17, 15) is 18.0 Å². The topological polar surface area (TPSA) is 105 Å². The zero-order valence-corrected chi connectivity index (χ0v) is 22.9. The molecule has 1 aliphatic carbocycles. The molecule has 1 fully saturated rings. The van der Waals surface area contributed by atoms with Crippen molar-refractivity contribution in [3.63, 3.8) is 0 Å². The van der Waals surface area contributed by atoms with Gasteiger partial charge in [-0.2, -0.15) is 0 Å².